The van der Waals surface area contributed by atoms with Gasteiger partial charge in [0.2, 0.25) is 0 Å². The number of carbonyl (C=O) groups excluding carboxylic acids is 3. The monoisotopic (exact) mass is 245 g/mol. The van der Waals surface area contributed by atoms with Crippen LogP contribution in [0.4, 0.5) is 0 Å². The summed E-state index contributed by atoms with van der Waals surface area (Å²) in [4.78, 5) is 33.4. The van der Waals surface area contributed by atoms with Gasteiger partial charge >= 0.3 is 17.8 Å². The fourth-order valence-corrected chi connectivity index (χ4v) is 0.816. The summed E-state index contributed by atoms with van der Waals surface area (Å²) in [6.07, 6.45) is 0.700. The molecule has 0 fully saturated rings. The first kappa shape index (κ1) is 15.4. The predicted octanol–water partition coefficient (Wildman–Crippen LogP) is 0.397. The van der Waals surface area contributed by atoms with Crippen LogP contribution in [0, 0.1) is 0 Å². The minimum Gasteiger partial charge on any atom is -0.464 e. The Hall–Kier alpha value is -1.59. The third kappa shape index (κ3) is 8.24. The Labute approximate surface area is 101 Å². The molecular weight excluding hydrogens is 226 g/mol. The van der Waals surface area contributed by atoms with Crippen LogP contribution in [0.3, 0.4) is 0 Å². The van der Waals surface area contributed by atoms with E-state index in [1.807, 2.05) is 6.92 Å². The van der Waals surface area contributed by atoms with Crippen molar-refractivity contribution in [2.75, 3.05) is 13.2 Å². The van der Waals surface area contributed by atoms with Crippen LogP contribution in [0.1, 0.15) is 34.1 Å². The summed E-state index contributed by atoms with van der Waals surface area (Å²) in [5.41, 5.74) is -0.739. The molecule has 0 heterocycles. The maximum atomic E-state index is 11.2. The predicted molar refractivity (Wildman–Crippen MR) is 60.1 cm³/mol. The van der Waals surface area contributed by atoms with Crippen molar-refractivity contribution in [2.24, 2.45) is 0 Å². The Morgan fingerprint density at radius 2 is 1.76 bits per heavy atom. The minimum absolute atomic E-state index is 0.293. The third-order valence-corrected chi connectivity index (χ3v) is 1.44. The average Bonchev–Trinajstić information content (AvgIpc) is 2.20. The van der Waals surface area contributed by atoms with Crippen LogP contribution in [0.2, 0.25) is 0 Å². The quantitative estimate of drug-likeness (QED) is 0.572. The molecule has 0 spiro atoms. The van der Waals surface area contributed by atoms with Crippen molar-refractivity contribution in [2.45, 2.75) is 39.7 Å². The minimum atomic E-state index is -1.01. The highest BCUT2D eigenvalue weighted by Gasteiger charge is 2.23. The Morgan fingerprint density at radius 1 is 1.18 bits per heavy atom. The first-order chi connectivity index (χ1) is 7.76. The zero-order valence-corrected chi connectivity index (χ0v) is 10.7. The lowest BCUT2D eigenvalue weighted by Crippen LogP contribution is -2.39. The molecule has 1 amide bonds. The van der Waals surface area contributed by atoms with Gasteiger partial charge in [-0.3, -0.25) is 9.59 Å². The van der Waals surface area contributed by atoms with E-state index in [2.05, 4.69) is 5.32 Å². The largest absolute Gasteiger partial charge is 0.464 e. The highest BCUT2D eigenvalue weighted by molar-refractivity contribution is 6.32. The number of esters is 2. The van der Waals surface area contributed by atoms with Crippen molar-refractivity contribution in [1.82, 2.24) is 5.32 Å². The highest BCUT2D eigenvalue weighted by Crippen LogP contribution is 2.06. The maximum absolute atomic E-state index is 11.2. The standard InChI is InChI=1S/C11H19NO5/c1-5-6-16-8(13)7-12-9(14)10(15)17-11(2,3)4/h5-7H2,1-4H3,(H,12,14). The molecule has 0 saturated carbocycles. The highest BCUT2D eigenvalue weighted by atomic mass is 16.6. The molecule has 0 aromatic rings. The van der Waals surface area contributed by atoms with Crippen LogP contribution >= 0.6 is 0 Å². The van der Waals surface area contributed by atoms with Crippen LogP contribution in [-0.2, 0) is 23.9 Å². The van der Waals surface area contributed by atoms with Gasteiger partial charge in [0.05, 0.1) is 6.61 Å². The van der Waals surface area contributed by atoms with E-state index in [0.29, 0.717) is 13.0 Å². The van der Waals surface area contributed by atoms with Gasteiger partial charge in [0.25, 0.3) is 0 Å². The van der Waals surface area contributed by atoms with Gasteiger partial charge in [-0.1, -0.05) is 6.92 Å². The van der Waals surface area contributed by atoms with Crippen molar-refractivity contribution in [3.05, 3.63) is 0 Å². The lowest BCUT2D eigenvalue weighted by Gasteiger charge is -2.18. The summed E-state index contributed by atoms with van der Waals surface area (Å²) in [6, 6.07) is 0. The number of amides is 1. The van der Waals surface area contributed by atoms with E-state index in [9.17, 15) is 14.4 Å². The molecule has 0 radical (unpaired) electrons. The fraction of sp³-hybridized carbons (Fsp3) is 0.727. The van der Waals surface area contributed by atoms with Gasteiger partial charge in [0, 0.05) is 0 Å². The summed E-state index contributed by atoms with van der Waals surface area (Å²) in [6.45, 7) is 6.75. The molecule has 0 bridgehead atoms. The smallest absolute Gasteiger partial charge is 0.397 e. The first-order valence-corrected chi connectivity index (χ1v) is 5.43. The van der Waals surface area contributed by atoms with E-state index in [1.165, 1.54) is 0 Å². The zero-order chi connectivity index (χ0) is 13.5. The Bertz CT molecular complexity index is 293. The molecule has 6 heteroatoms. The summed E-state index contributed by atoms with van der Waals surface area (Å²) in [5.74, 6) is -2.54. The van der Waals surface area contributed by atoms with Gasteiger partial charge in [0.15, 0.2) is 0 Å². The second kappa shape index (κ2) is 6.88. The van der Waals surface area contributed by atoms with E-state index in [-0.39, 0.29) is 6.54 Å². The molecule has 0 aliphatic carbocycles. The summed E-state index contributed by atoms with van der Waals surface area (Å²) in [7, 11) is 0. The third-order valence-electron chi connectivity index (χ3n) is 1.44. The number of rotatable bonds is 4. The van der Waals surface area contributed by atoms with E-state index in [1.54, 1.807) is 20.8 Å². The number of hydrogen-bond donors (Lipinski definition) is 1. The average molecular weight is 245 g/mol. The molecule has 0 aromatic carbocycles. The molecule has 0 unspecified atom stereocenters. The van der Waals surface area contributed by atoms with Crippen molar-refractivity contribution >= 4 is 17.8 Å². The van der Waals surface area contributed by atoms with Gasteiger partial charge in [-0.05, 0) is 27.2 Å². The lowest BCUT2D eigenvalue weighted by atomic mass is 10.2. The summed E-state index contributed by atoms with van der Waals surface area (Å²) >= 11 is 0. The summed E-state index contributed by atoms with van der Waals surface area (Å²) in [5, 5.41) is 2.13. The molecule has 6 nitrogen and oxygen atoms in total. The van der Waals surface area contributed by atoms with Crippen LogP contribution < -0.4 is 5.32 Å². The molecule has 17 heavy (non-hydrogen) atoms. The Kier molecular flexibility index (Phi) is 6.23. The molecular formula is C11H19NO5. The van der Waals surface area contributed by atoms with E-state index < -0.39 is 23.4 Å². The molecule has 0 aromatic heterocycles. The topological polar surface area (TPSA) is 81.7 Å². The Morgan fingerprint density at radius 3 is 2.24 bits per heavy atom. The molecule has 0 rings (SSSR count). The van der Waals surface area contributed by atoms with Gasteiger partial charge in [-0.25, -0.2) is 4.79 Å². The molecule has 0 aliphatic rings. The lowest BCUT2D eigenvalue weighted by molar-refractivity contribution is -0.163. The van der Waals surface area contributed by atoms with Crippen molar-refractivity contribution in [1.29, 1.82) is 0 Å². The van der Waals surface area contributed by atoms with Gasteiger partial charge in [-0.2, -0.15) is 0 Å². The summed E-state index contributed by atoms with van der Waals surface area (Å²) < 4.78 is 9.53. The van der Waals surface area contributed by atoms with E-state index in [0.717, 1.165) is 0 Å². The van der Waals surface area contributed by atoms with Crippen LogP contribution in [-0.4, -0.2) is 36.6 Å². The second-order valence-corrected chi connectivity index (χ2v) is 4.41. The van der Waals surface area contributed by atoms with Crippen LogP contribution in [0.5, 0.6) is 0 Å². The van der Waals surface area contributed by atoms with E-state index >= 15 is 0 Å². The van der Waals surface area contributed by atoms with Crippen molar-refractivity contribution in [3.8, 4) is 0 Å². The van der Waals surface area contributed by atoms with Crippen molar-refractivity contribution < 1.29 is 23.9 Å². The number of nitrogens with one attached hydrogen (secondary N) is 1. The number of ether oxygens (including phenoxy) is 2. The van der Waals surface area contributed by atoms with Gasteiger partial charge in [0.1, 0.15) is 12.1 Å². The second-order valence-electron chi connectivity index (χ2n) is 4.41. The zero-order valence-electron chi connectivity index (χ0n) is 10.7. The molecule has 98 valence electrons. The molecule has 0 saturated heterocycles. The Balaban J connectivity index is 3.94. The van der Waals surface area contributed by atoms with Crippen molar-refractivity contribution in [3.63, 3.8) is 0 Å². The maximum Gasteiger partial charge on any atom is 0.397 e. The fourth-order valence-electron chi connectivity index (χ4n) is 0.816. The number of carbonyl (C=O) groups is 3. The normalized spacial score (nSPS) is 10.6. The molecule has 0 atom stereocenters. The molecule has 1 N–H and O–H groups in total. The van der Waals surface area contributed by atoms with Crippen LogP contribution in [0.25, 0.3) is 0 Å². The van der Waals surface area contributed by atoms with Gasteiger partial charge in [-0.15, -0.1) is 0 Å². The first-order valence-electron chi connectivity index (χ1n) is 5.43. The van der Waals surface area contributed by atoms with E-state index in [4.69, 9.17) is 9.47 Å². The molecule has 0 aliphatic heterocycles. The SMILES string of the molecule is CCCOC(=O)CNC(=O)C(=O)OC(C)(C)C. The number of hydrogen-bond acceptors (Lipinski definition) is 5. The van der Waals surface area contributed by atoms with Gasteiger partial charge < -0.3 is 14.8 Å². The van der Waals surface area contributed by atoms with Crippen LogP contribution in [0.15, 0.2) is 0 Å².